The molecule has 2 aromatic carbocycles. The van der Waals surface area contributed by atoms with Crippen LogP contribution in [0, 0.1) is 3.95 Å². The third-order valence-electron chi connectivity index (χ3n) is 4.52. The number of thioether (sulfide) groups is 1. The molecule has 4 aromatic rings. The maximum atomic E-state index is 12.9. The monoisotopic (exact) mass is 488 g/mol. The van der Waals surface area contributed by atoms with Crippen LogP contribution in [0.4, 0.5) is 0 Å². The summed E-state index contributed by atoms with van der Waals surface area (Å²) < 4.78 is 4.20. The number of rotatable bonds is 6. The van der Waals surface area contributed by atoms with E-state index in [9.17, 15) is 9.59 Å². The second-order valence-corrected chi connectivity index (χ2v) is 9.67. The smallest absolute Gasteiger partial charge is 0.273 e. The fourth-order valence-electron chi connectivity index (χ4n) is 2.94. The number of nitrogens with one attached hydrogen (secondary N) is 1. The van der Waals surface area contributed by atoms with Gasteiger partial charge in [0, 0.05) is 24.3 Å². The van der Waals surface area contributed by atoms with Gasteiger partial charge in [-0.05, 0) is 42.0 Å². The van der Waals surface area contributed by atoms with Crippen molar-refractivity contribution in [2.75, 3.05) is 5.75 Å². The van der Waals surface area contributed by atoms with Gasteiger partial charge in [-0.2, -0.15) is 0 Å². The predicted molar refractivity (Wildman–Crippen MR) is 129 cm³/mol. The lowest BCUT2D eigenvalue weighted by atomic mass is 10.2. The molecule has 2 heterocycles. The second kappa shape index (κ2) is 9.35. The highest BCUT2D eigenvalue weighted by Gasteiger charge is 2.17. The standard InChI is InChI=1S/C21H17ClN4O2S3/c1-25-19(28)17-18(26(21(29)31-17)15-9-7-14(22)8-10-15)24-20(25)30-12-16(27)23-11-13-5-3-2-4-6-13/h2-10H,11-12H2,1H3,(H,23,27). The van der Waals surface area contributed by atoms with E-state index in [1.165, 1.54) is 27.7 Å². The Hall–Kier alpha value is -2.46. The summed E-state index contributed by atoms with van der Waals surface area (Å²) in [4.78, 5) is 29.9. The lowest BCUT2D eigenvalue weighted by Crippen LogP contribution is -2.25. The number of carbonyl (C=O) groups excluding carboxylic acids is 1. The van der Waals surface area contributed by atoms with Crippen LogP contribution < -0.4 is 10.9 Å². The minimum atomic E-state index is -0.194. The molecule has 0 radical (unpaired) electrons. The summed E-state index contributed by atoms with van der Waals surface area (Å²) in [6.07, 6.45) is 0. The zero-order valence-corrected chi connectivity index (χ0v) is 19.6. The summed E-state index contributed by atoms with van der Waals surface area (Å²) in [6, 6.07) is 16.9. The number of fused-ring (bicyclic) bond motifs is 1. The molecule has 31 heavy (non-hydrogen) atoms. The van der Waals surface area contributed by atoms with Crippen LogP contribution in [0.2, 0.25) is 5.02 Å². The molecule has 1 amide bonds. The van der Waals surface area contributed by atoms with Gasteiger partial charge in [-0.1, -0.05) is 65.0 Å². The first kappa shape index (κ1) is 21.8. The van der Waals surface area contributed by atoms with Gasteiger partial charge in [0.15, 0.2) is 14.8 Å². The third-order valence-corrected chi connectivity index (χ3v) is 7.16. The summed E-state index contributed by atoms with van der Waals surface area (Å²) in [5.74, 6) is 0.00723. The van der Waals surface area contributed by atoms with Crippen LogP contribution in [0.25, 0.3) is 16.0 Å². The van der Waals surface area contributed by atoms with Crippen molar-refractivity contribution in [1.29, 1.82) is 0 Å². The molecule has 0 saturated heterocycles. The van der Waals surface area contributed by atoms with Crippen molar-refractivity contribution in [3.8, 4) is 5.69 Å². The van der Waals surface area contributed by atoms with E-state index in [0.717, 1.165) is 11.3 Å². The minimum absolute atomic E-state index is 0.136. The lowest BCUT2D eigenvalue weighted by Gasteiger charge is -2.09. The number of hydrogen-bond donors (Lipinski definition) is 1. The Morgan fingerprint density at radius 2 is 1.90 bits per heavy atom. The Balaban J connectivity index is 1.59. The van der Waals surface area contributed by atoms with Gasteiger partial charge in [0.25, 0.3) is 5.56 Å². The Morgan fingerprint density at radius 3 is 2.61 bits per heavy atom. The number of carbonyl (C=O) groups is 1. The first-order valence-electron chi connectivity index (χ1n) is 9.26. The summed E-state index contributed by atoms with van der Waals surface area (Å²) in [7, 11) is 1.65. The average molecular weight is 489 g/mol. The number of thiazole rings is 1. The first-order valence-corrected chi connectivity index (χ1v) is 11.8. The molecule has 0 atom stereocenters. The molecular formula is C21H17ClN4O2S3. The Labute approximate surface area is 196 Å². The molecule has 6 nitrogen and oxygen atoms in total. The molecule has 0 fully saturated rings. The van der Waals surface area contributed by atoms with Crippen LogP contribution in [0.5, 0.6) is 0 Å². The van der Waals surface area contributed by atoms with E-state index in [1.807, 2.05) is 42.5 Å². The number of nitrogens with zero attached hydrogens (tertiary/aromatic N) is 3. The topological polar surface area (TPSA) is 68.9 Å². The fourth-order valence-corrected chi connectivity index (χ4v) is 5.20. The van der Waals surface area contributed by atoms with Crippen LogP contribution in [0.15, 0.2) is 64.5 Å². The van der Waals surface area contributed by atoms with Crippen LogP contribution in [-0.2, 0) is 18.4 Å². The maximum absolute atomic E-state index is 12.9. The molecule has 1 N–H and O–H groups in total. The normalized spacial score (nSPS) is 11.0. The third kappa shape index (κ3) is 4.74. The number of amides is 1. The molecule has 2 aromatic heterocycles. The first-order chi connectivity index (χ1) is 14.9. The molecule has 10 heteroatoms. The van der Waals surface area contributed by atoms with E-state index in [2.05, 4.69) is 10.3 Å². The van der Waals surface area contributed by atoms with Crippen molar-refractivity contribution in [3.05, 3.63) is 79.5 Å². The predicted octanol–water partition coefficient (Wildman–Crippen LogP) is 4.58. The van der Waals surface area contributed by atoms with E-state index < -0.39 is 0 Å². The molecular weight excluding hydrogens is 472 g/mol. The van der Waals surface area contributed by atoms with E-state index in [-0.39, 0.29) is 17.2 Å². The van der Waals surface area contributed by atoms with Crippen molar-refractivity contribution in [2.45, 2.75) is 11.7 Å². The van der Waals surface area contributed by atoms with Crippen molar-refractivity contribution < 1.29 is 4.79 Å². The number of aromatic nitrogens is 3. The number of benzene rings is 2. The molecule has 0 bridgehead atoms. The summed E-state index contributed by atoms with van der Waals surface area (Å²) >= 11 is 13.9. The van der Waals surface area contributed by atoms with Gasteiger partial charge in [0.1, 0.15) is 4.70 Å². The zero-order chi connectivity index (χ0) is 22.0. The van der Waals surface area contributed by atoms with Gasteiger partial charge in [-0.25, -0.2) is 4.98 Å². The Kier molecular flexibility index (Phi) is 6.57. The van der Waals surface area contributed by atoms with Gasteiger partial charge in [-0.15, -0.1) is 0 Å². The molecule has 0 saturated carbocycles. The van der Waals surface area contributed by atoms with Crippen LogP contribution in [0.3, 0.4) is 0 Å². The fraction of sp³-hybridized carbons (Fsp3) is 0.143. The van der Waals surface area contributed by atoms with Crippen molar-refractivity contribution in [3.63, 3.8) is 0 Å². The highest BCUT2D eigenvalue weighted by molar-refractivity contribution is 7.99. The molecule has 0 aliphatic heterocycles. The van der Waals surface area contributed by atoms with Crippen molar-refractivity contribution in [1.82, 2.24) is 19.4 Å². The minimum Gasteiger partial charge on any atom is -0.351 e. The van der Waals surface area contributed by atoms with E-state index in [4.69, 9.17) is 23.8 Å². The molecule has 0 unspecified atom stereocenters. The molecule has 0 spiro atoms. The molecule has 0 aliphatic carbocycles. The van der Waals surface area contributed by atoms with E-state index >= 15 is 0 Å². The van der Waals surface area contributed by atoms with Crippen LogP contribution in [-0.4, -0.2) is 25.8 Å². The average Bonchev–Trinajstić information content (AvgIpc) is 3.11. The number of hydrogen-bond acceptors (Lipinski definition) is 6. The number of halogens is 1. The van der Waals surface area contributed by atoms with Crippen LogP contribution in [0.1, 0.15) is 5.56 Å². The van der Waals surface area contributed by atoms with Crippen LogP contribution >= 0.6 is 46.9 Å². The maximum Gasteiger partial charge on any atom is 0.273 e. The summed E-state index contributed by atoms with van der Waals surface area (Å²) in [5.41, 5.74) is 2.08. The highest BCUT2D eigenvalue weighted by Crippen LogP contribution is 2.26. The van der Waals surface area contributed by atoms with E-state index in [1.54, 1.807) is 23.7 Å². The van der Waals surface area contributed by atoms with Gasteiger partial charge in [0.05, 0.1) is 5.75 Å². The zero-order valence-electron chi connectivity index (χ0n) is 16.4. The quantitative estimate of drug-likeness (QED) is 0.244. The summed E-state index contributed by atoms with van der Waals surface area (Å²) in [6.45, 7) is 0.450. The van der Waals surface area contributed by atoms with Gasteiger partial charge < -0.3 is 5.32 Å². The Bertz CT molecular complexity index is 1360. The molecule has 158 valence electrons. The second-order valence-electron chi connectivity index (χ2n) is 6.64. The SMILES string of the molecule is Cn1c(SCC(=O)NCc2ccccc2)nc2c(sc(=S)n2-c2ccc(Cl)cc2)c1=O. The van der Waals surface area contributed by atoms with Gasteiger partial charge in [-0.3, -0.25) is 18.7 Å². The Morgan fingerprint density at radius 1 is 1.19 bits per heavy atom. The van der Waals surface area contributed by atoms with E-state index in [0.29, 0.717) is 31.0 Å². The highest BCUT2D eigenvalue weighted by atomic mass is 35.5. The van der Waals surface area contributed by atoms with Gasteiger partial charge >= 0.3 is 0 Å². The largest absolute Gasteiger partial charge is 0.351 e. The summed E-state index contributed by atoms with van der Waals surface area (Å²) in [5, 5.41) is 3.93. The lowest BCUT2D eigenvalue weighted by molar-refractivity contribution is -0.118. The van der Waals surface area contributed by atoms with Crippen molar-refractivity contribution in [2.24, 2.45) is 7.05 Å². The molecule has 0 aliphatic rings. The molecule has 4 rings (SSSR count). The van der Waals surface area contributed by atoms with Gasteiger partial charge in [0.2, 0.25) is 5.91 Å². The van der Waals surface area contributed by atoms with Crippen molar-refractivity contribution >= 4 is 63.2 Å².